The van der Waals surface area contributed by atoms with E-state index in [0.717, 1.165) is 32.2 Å². The monoisotopic (exact) mass is 372 g/mol. The van der Waals surface area contributed by atoms with Crippen LogP contribution < -0.4 is 0 Å². The van der Waals surface area contributed by atoms with Crippen LogP contribution in [0.1, 0.15) is 0 Å². The SMILES string of the molecule is Brc1c(-c2cccc3ccccc23)oc2c1ccc1ccccc12. The van der Waals surface area contributed by atoms with Crippen molar-refractivity contribution in [3.05, 3.63) is 83.3 Å². The van der Waals surface area contributed by atoms with Crippen molar-refractivity contribution >= 4 is 48.4 Å². The molecule has 0 fully saturated rings. The van der Waals surface area contributed by atoms with Crippen molar-refractivity contribution < 1.29 is 4.42 Å². The van der Waals surface area contributed by atoms with Crippen LogP contribution in [0.4, 0.5) is 0 Å². The molecule has 1 aromatic heterocycles. The Bertz CT molecular complexity index is 1210. The number of benzene rings is 4. The molecule has 4 aromatic carbocycles. The zero-order valence-corrected chi connectivity index (χ0v) is 14.4. The van der Waals surface area contributed by atoms with E-state index in [9.17, 15) is 0 Å². The Morgan fingerprint density at radius 2 is 1.25 bits per heavy atom. The molecule has 114 valence electrons. The van der Waals surface area contributed by atoms with E-state index in [2.05, 4.69) is 94.8 Å². The molecule has 0 aliphatic rings. The predicted molar refractivity (Wildman–Crippen MR) is 104 cm³/mol. The summed E-state index contributed by atoms with van der Waals surface area (Å²) in [7, 11) is 0. The third kappa shape index (κ3) is 1.93. The van der Waals surface area contributed by atoms with Crippen molar-refractivity contribution in [2.45, 2.75) is 0 Å². The van der Waals surface area contributed by atoms with E-state index >= 15 is 0 Å². The molecule has 0 amide bonds. The van der Waals surface area contributed by atoms with Gasteiger partial charge in [0.1, 0.15) is 11.3 Å². The van der Waals surface area contributed by atoms with E-state index in [4.69, 9.17) is 4.42 Å². The molecule has 1 heterocycles. The number of furan rings is 1. The number of hydrogen-bond donors (Lipinski definition) is 0. The second kappa shape index (κ2) is 5.22. The number of hydrogen-bond acceptors (Lipinski definition) is 1. The van der Waals surface area contributed by atoms with Crippen LogP contribution >= 0.6 is 15.9 Å². The third-order valence-corrected chi connectivity index (χ3v) is 5.34. The predicted octanol–water partition coefficient (Wildman–Crippen LogP) is 7.17. The Hall–Kier alpha value is -2.58. The van der Waals surface area contributed by atoms with Gasteiger partial charge in [-0.05, 0) is 38.2 Å². The Kier molecular flexibility index (Phi) is 3.00. The first-order valence-corrected chi connectivity index (χ1v) is 8.70. The first-order valence-electron chi connectivity index (χ1n) is 7.91. The zero-order valence-electron chi connectivity index (χ0n) is 12.8. The molecule has 0 N–H and O–H groups in total. The summed E-state index contributed by atoms with van der Waals surface area (Å²) >= 11 is 3.77. The fraction of sp³-hybridized carbons (Fsp3) is 0. The standard InChI is InChI=1S/C22H13BrO/c23-20-19-13-12-15-7-2-4-10-17(15)21(19)24-22(20)18-11-5-8-14-6-1-3-9-16(14)18/h1-13H. The molecule has 0 aliphatic heterocycles. The summed E-state index contributed by atoms with van der Waals surface area (Å²) in [6, 6.07) is 27.3. The largest absolute Gasteiger partial charge is 0.454 e. The van der Waals surface area contributed by atoms with Crippen LogP contribution in [0.2, 0.25) is 0 Å². The molecule has 0 radical (unpaired) electrons. The molecular formula is C22H13BrO. The minimum atomic E-state index is 0.887. The number of fused-ring (bicyclic) bond motifs is 4. The molecule has 24 heavy (non-hydrogen) atoms. The van der Waals surface area contributed by atoms with Crippen LogP contribution in [-0.2, 0) is 0 Å². The van der Waals surface area contributed by atoms with Crippen LogP contribution in [0, 0.1) is 0 Å². The van der Waals surface area contributed by atoms with Gasteiger partial charge in [-0.15, -0.1) is 0 Å². The van der Waals surface area contributed by atoms with Crippen LogP contribution in [0.5, 0.6) is 0 Å². The molecule has 0 bridgehead atoms. The molecular weight excluding hydrogens is 360 g/mol. The van der Waals surface area contributed by atoms with E-state index in [1.807, 2.05) is 0 Å². The zero-order chi connectivity index (χ0) is 16.1. The van der Waals surface area contributed by atoms with Crippen molar-refractivity contribution in [2.75, 3.05) is 0 Å². The van der Waals surface area contributed by atoms with Crippen LogP contribution in [0.3, 0.4) is 0 Å². The molecule has 2 heteroatoms. The summed E-state index contributed by atoms with van der Waals surface area (Å²) in [5.41, 5.74) is 2.04. The molecule has 0 saturated heterocycles. The van der Waals surface area contributed by atoms with E-state index in [0.29, 0.717) is 0 Å². The fourth-order valence-electron chi connectivity index (χ4n) is 3.39. The van der Waals surface area contributed by atoms with E-state index in [-0.39, 0.29) is 0 Å². The Balaban J connectivity index is 1.90. The first-order chi connectivity index (χ1) is 11.8. The highest BCUT2D eigenvalue weighted by Crippen LogP contribution is 2.42. The van der Waals surface area contributed by atoms with Gasteiger partial charge in [-0.3, -0.25) is 0 Å². The maximum atomic E-state index is 6.36. The highest BCUT2D eigenvalue weighted by molar-refractivity contribution is 9.10. The molecule has 1 nitrogen and oxygen atoms in total. The van der Waals surface area contributed by atoms with E-state index in [1.165, 1.54) is 16.2 Å². The summed E-state index contributed by atoms with van der Waals surface area (Å²) in [6.45, 7) is 0. The molecule has 0 unspecified atom stereocenters. The van der Waals surface area contributed by atoms with Gasteiger partial charge in [0.15, 0.2) is 0 Å². The lowest BCUT2D eigenvalue weighted by Crippen LogP contribution is -1.79. The van der Waals surface area contributed by atoms with Gasteiger partial charge < -0.3 is 4.42 Å². The van der Waals surface area contributed by atoms with Gasteiger partial charge in [0.25, 0.3) is 0 Å². The minimum Gasteiger partial charge on any atom is -0.454 e. The lowest BCUT2D eigenvalue weighted by molar-refractivity contribution is 0.634. The summed E-state index contributed by atoms with van der Waals surface area (Å²) in [5, 5.41) is 5.85. The smallest absolute Gasteiger partial charge is 0.150 e. The van der Waals surface area contributed by atoms with Crippen molar-refractivity contribution in [1.29, 1.82) is 0 Å². The van der Waals surface area contributed by atoms with Gasteiger partial charge in [0.2, 0.25) is 0 Å². The second-order valence-corrected chi connectivity index (χ2v) is 6.73. The van der Waals surface area contributed by atoms with Crippen LogP contribution in [0.15, 0.2) is 87.8 Å². The Morgan fingerprint density at radius 1 is 0.583 bits per heavy atom. The molecule has 0 aliphatic carbocycles. The van der Waals surface area contributed by atoms with E-state index in [1.54, 1.807) is 0 Å². The van der Waals surface area contributed by atoms with Gasteiger partial charge in [-0.25, -0.2) is 0 Å². The maximum Gasteiger partial charge on any atom is 0.150 e. The van der Waals surface area contributed by atoms with Crippen molar-refractivity contribution in [1.82, 2.24) is 0 Å². The van der Waals surface area contributed by atoms with Gasteiger partial charge in [-0.1, -0.05) is 72.8 Å². The number of rotatable bonds is 1. The van der Waals surface area contributed by atoms with Crippen LogP contribution in [0.25, 0.3) is 43.8 Å². The summed E-state index contributed by atoms with van der Waals surface area (Å²) in [5.74, 6) is 0.887. The fourth-order valence-corrected chi connectivity index (χ4v) is 4.00. The summed E-state index contributed by atoms with van der Waals surface area (Å²) < 4.78 is 7.37. The van der Waals surface area contributed by atoms with Gasteiger partial charge in [0, 0.05) is 16.3 Å². The number of halogens is 1. The Labute approximate surface area is 147 Å². The van der Waals surface area contributed by atoms with Crippen molar-refractivity contribution in [2.24, 2.45) is 0 Å². The van der Waals surface area contributed by atoms with Crippen molar-refractivity contribution in [3.63, 3.8) is 0 Å². The van der Waals surface area contributed by atoms with Gasteiger partial charge in [-0.2, -0.15) is 0 Å². The molecule has 5 rings (SSSR count). The van der Waals surface area contributed by atoms with Crippen LogP contribution in [-0.4, -0.2) is 0 Å². The highest BCUT2D eigenvalue weighted by Gasteiger charge is 2.17. The molecule has 5 aromatic rings. The molecule has 0 atom stereocenters. The molecule has 0 saturated carbocycles. The lowest BCUT2D eigenvalue weighted by Gasteiger charge is -2.04. The lowest BCUT2D eigenvalue weighted by atomic mass is 10.0. The topological polar surface area (TPSA) is 13.1 Å². The summed E-state index contributed by atoms with van der Waals surface area (Å²) in [6.07, 6.45) is 0. The van der Waals surface area contributed by atoms with E-state index < -0.39 is 0 Å². The van der Waals surface area contributed by atoms with Crippen molar-refractivity contribution in [3.8, 4) is 11.3 Å². The summed E-state index contributed by atoms with van der Waals surface area (Å²) in [4.78, 5) is 0. The third-order valence-electron chi connectivity index (χ3n) is 4.55. The van der Waals surface area contributed by atoms with Gasteiger partial charge in [0.05, 0.1) is 4.47 Å². The average Bonchev–Trinajstić information content (AvgIpc) is 2.98. The normalized spacial score (nSPS) is 11.5. The maximum absolute atomic E-state index is 6.36. The second-order valence-electron chi connectivity index (χ2n) is 5.94. The quantitative estimate of drug-likeness (QED) is 0.304. The van der Waals surface area contributed by atoms with Gasteiger partial charge >= 0.3 is 0 Å². The minimum absolute atomic E-state index is 0.887. The Morgan fingerprint density at radius 3 is 2.08 bits per heavy atom. The average molecular weight is 373 g/mol. The highest BCUT2D eigenvalue weighted by atomic mass is 79.9. The molecule has 0 spiro atoms. The first kappa shape index (κ1) is 13.8.